The smallest absolute Gasteiger partial charge is 0.248 e. The number of sulfonamides is 1. The second-order valence-electron chi connectivity index (χ2n) is 7.54. The molecule has 0 aliphatic carbocycles. The third-order valence-electron chi connectivity index (χ3n) is 5.43. The van der Waals surface area contributed by atoms with Gasteiger partial charge in [0.2, 0.25) is 15.9 Å². The molecule has 0 bridgehead atoms. The first-order valence-electron chi connectivity index (χ1n) is 10.2. The highest BCUT2D eigenvalue weighted by Gasteiger charge is 2.36. The first-order valence-corrected chi connectivity index (χ1v) is 11.8. The standard InChI is InChI=1S/C20H29FN2O5S/c1-2-3-12-29(25,26)22-10-8-17(9-11-22)23-13-19(28-15-20(23)24)14-27-18-6-4-16(21)5-7-18/h4-7,17,19H,2-3,8-15H2,1H3. The molecule has 0 N–H and O–H groups in total. The topological polar surface area (TPSA) is 76.2 Å². The summed E-state index contributed by atoms with van der Waals surface area (Å²) in [6.07, 6.45) is 2.49. The number of nitrogens with zero attached hydrogens (tertiary/aromatic N) is 2. The van der Waals surface area contributed by atoms with Gasteiger partial charge >= 0.3 is 0 Å². The van der Waals surface area contributed by atoms with Crippen molar-refractivity contribution in [1.82, 2.24) is 9.21 Å². The van der Waals surface area contributed by atoms with Crippen LogP contribution < -0.4 is 4.74 Å². The summed E-state index contributed by atoms with van der Waals surface area (Å²) in [5.41, 5.74) is 0. The number of hydrogen-bond acceptors (Lipinski definition) is 5. The van der Waals surface area contributed by atoms with Gasteiger partial charge in [-0.1, -0.05) is 13.3 Å². The molecule has 1 atom stereocenters. The molecule has 2 aliphatic heterocycles. The predicted molar refractivity (Wildman–Crippen MR) is 107 cm³/mol. The monoisotopic (exact) mass is 428 g/mol. The summed E-state index contributed by atoms with van der Waals surface area (Å²) < 4.78 is 50.5. The predicted octanol–water partition coefficient (Wildman–Crippen LogP) is 2.03. The molecule has 2 fully saturated rings. The molecule has 0 aromatic heterocycles. The Morgan fingerprint density at radius 3 is 2.55 bits per heavy atom. The van der Waals surface area contributed by atoms with Crippen molar-refractivity contribution in [3.8, 4) is 5.75 Å². The molecule has 7 nitrogen and oxygen atoms in total. The number of unbranched alkanes of at least 4 members (excludes halogenated alkanes) is 1. The normalized spacial score (nSPS) is 22.1. The number of hydrogen-bond donors (Lipinski definition) is 0. The van der Waals surface area contributed by atoms with Crippen LogP contribution in [0.5, 0.6) is 5.75 Å². The van der Waals surface area contributed by atoms with Crippen molar-refractivity contribution in [2.45, 2.75) is 44.8 Å². The summed E-state index contributed by atoms with van der Waals surface area (Å²) >= 11 is 0. The summed E-state index contributed by atoms with van der Waals surface area (Å²) in [5, 5.41) is 0. The van der Waals surface area contributed by atoms with Gasteiger partial charge in [0.25, 0.3) is 0 Å². The summed E-state index contributed by atoms with van der Waals surface area (Å²) in [4.78, 5) is 14.2. The fourth-order valence-corrected chi connectivity index (χ4v) is 5.39. The van der Waals surface area contributed by atoms with E-state index in [2.05, 4.69) is 0 Å². The second kappa shape index (κ2) is 9.86. The number of benzene rings is 1. The SMILES string of the molecule is CCCCS(=O)(=O)N1CCC(N2CC(COc3ccc(F)cc3)OCC2=O)CC1. The van der Waals surface area contributed by atoms with Crippen LogP contribution in [-0.4, -0.2) is 74.3 Å². The van der Waals surface area contributed by atoms with Crippen molar-refractivity contribution in [3.05, 3.63) is 30.1 Å². The van der Waals surface area contributed by atoms with Crippen LogP contribution in [0.3, 0.4) is 0 Å². The number of piperidine rings is 1. The highest BCUT2D eigenvalue weighted by Crippen LogP contribution is 2.23. The maximum absolute atomic E-state index is 13.0. The molecule has 29 heavy (non-hydrogen) atoms. The van der Waals surface area contributed by atoms with E-state index >= 15 is 0 Å². The van der Waals surface area contributed by atoms with Gasteiger partial charge in [0.15, 0.2) is 0 Å². The third kappa shape index (κ3) is 5.90. The van der Waals surface area contributed by atoms with Crippen molar-refractivity contribution in [3.63, 3.8) is 0 Å². The minimum atomic E-state index is -3.21. The molecule has 1 aromatic rings. The summed E-state index contributed by atoms with van der Waals surface area (Å²) in [7, 11) is -3.21. The molecule has 0 spiro atoms. The lowest BCUT2D eigenvalue weighted by molar-refractivity contribution is -0.155. The zero-order valence-corrected chi connectivity index (χ0v) is 17.6. The van der Waals surface area contributed by atoms with Crippen LogP contribution in [0.1, 0.15) is 32.6 Å². The van der Waals surface area contributed by atoms with E-state index in [4.69, 9.17) is 9.47 Å². The van der Waals surface area contributed by atoms with E-state index in [0.29, 0.717) is 44.6 Å². The molecular formula is C20H29FN2O5S. The van der Waals surface area contributed by atoms with Crippen LogP contribution in [-0.2, 0) is 19.6 Å². The van der Waals surface area contributed by atoms with E-state index in [9.17, 15) is 17.6 Å². The summed E-state index contributed by atoms with van der Waals surface area (Å²) in [5.74, 6) is 0.332. The van der Waals surface area contributed by atoms with Crippen LogP contribution in [0.4, 0.5) is 4.39 Å². The maximum atomic E-state index is 13.0. The van der Waals surface area contributed by atoms with Gasteiger partial charge in [-0.3, -0.25) is 4.79 Å². The van der Waals surface area contributed by atoms with Gasteiger partial charge in [-0.2, -0.15) is 0 Å². The summed E-state index contributed by atoms with van der Waals surface area (Å²) in [6, 6.07) is 5.77. The Morgan fingerprint density at radius 1 is 1.21 bits per heavy atom. The molecule has 2 aliphatic rings. The average Bonchev–Trinajstić information content (AvgIpc) is 2.73. The molecule has 9 heteroatoms. The van der Waals surface area contributed by atoms with Gasteiger partial charge in [0.1, 0.15) is 30.9 Å². The molecule has 1 aromatic carbocycles. The van der Waals surface area contributed by atoms with E-state index in [1.807, 2.05) is 6.92 Å². The number of rotatable bonds is 8. The summed E-state index contributed by atoms with van der Waals surface area (Å²) in [6.45, 7) is 3.53. The van der Waals surface area contributed by atoms with Gasteiger partial charge in [0.05, 0.1) is 12.3 Å². The van der Waals surface area contributed by atoms with Gasteiger partial charge in [-0.25, -0.2) is 17.1 Å². The number of morpholine rings is 1. The molecule has 0 radical (unpaired) electrons. The van der Waals surface area contributed by atoms with Crippen molar-refractivity contribution in [2.24, 2.45) is 0 Å². The molecule has 2 heterocycles. The van der Waals surface area contributed by atoms with E-state index in [0.717, 1.165) is 6.42 Å². The molecule has 162 valence electrons. The van der Waals surface area contributed by atoms with E-state index in [1.54, 1.807) is 21.3 Å². The Labute approximate surface area is 171 Å². The van der Waals surface area contributed by atoms with Crippen LogP contribution in [0.2, 0.25) is 0 Å². The minimum absolute atomic E-state index is 0.00748. The fraction of sp³-hybridized carbons (Fsp3) is 0.650. The van der Waals surface area contributed by atoms with Crippen LogP contribution in [0, 0.1) is 5.82 Å². The molecule has 1 amide bonds. The van der Waals surface area contributed by atoms with Gasteiger partial charge in [-0.05, 0) is 43.5 Å². The van der Waals surface area contributed by atoms with Crippen LogP contribution >= 0.6 is 0 Å². The zero-order valence-electron chi connectivity index (χ0n) is 16.8. The number of carbonyl (C=O) groups excluding carboxylic acids is 1. The number of amides is 1. The van der Waals surface area contributed by atoms with Crippen LogP contribution in [0.15, 0.2) is 24.3 Å². The lowest BCUT2D eigenvalue weighted by Gasteiger charge is -2.41. The highest BCUT2D eigenvalue weighted by atomic mass is 32.2. The lowest BCUT2D eigenvalue weighted by Crippen LogP contribution is -2.56. The van der Waals surface area contributed by atoms with E-state index in [1.165, 1.54) is 12.1 Å². The van der Waals surface area contributed by atoms with Crippen molar-refractivity contribution in [2.75, 3.05) is 38.6 Å². The van der Waals surface area contributed by atoms with Crippen molar-refractivity contribution < 1.29 is 27.1 Å². The Bertz CT molecular complexity index is 779. The van der Waals surface area contributed by atoms with Gasteiger partial charge in [-0.15, -0.1) is 0 Å². The third-order valence-corrected chi connectivity index (χ3v) is 7.38. The van der Waals surface area contributed by atoms with Crippen molar-refractivity contribution in [1.29, 1.82) is 0 Å². The molecule has 1 unspecified atom stereocenters. The Hall–Kier alpha value is -1.71. The minimum Gasteiger partial charge on any atom is -0.491 e. The molecular weight excluding hydrogens is 399 g/mol. The molecule has 0 saturated carbocycles. The number of halogens is 1. The second-order valence-corrected chi connectivity index (χ2v) is 9.63. The van der Waals surface area contributed by atoms with Crippen LogP contribution in [0.25, 0.3) is 0 Å². The van der Waals surface area contributed by atoms with E-state index in [-0.39, 0.29) is 42.8 Å². The molecule has 3 rings (SSSR count). The quantitative estimate of drug-likeness (QED) is 0.633. The Balaban J connectivity index is 1.51. The average molecular weight is 429 g/mol. The Morgan fingerprint density at radius 2 is 1.90 bits per heavy atom. The first-order chi connectivity index (χ1) is 13.9. The number of carbonyl (C=O) groups is 1. The first kappa shape index (κ1) is 22.0. The van der Waals surface area contributed by atoms with Crippen molar-refractivity contribution >= 4 is 15.9 Å². The largest absolute Gasteiger partial charge is 0.491 e. The lowest BCUT2D eigenvalue weighted by atomic mass is 10.0. The molecule has 2 saturated heterocycles. The van der Waals surface area contributed by atoms with E-state index < -0.39 is 10.0 Å². The van der Waals surface area contributed by atoms with Gasteiger partial charge < -0.3 is 14.4 Å². The Kier molecular flexibility index (Phi) is 7.48. The maximum Gasteiger partial charge on any atom is 0.248 e. The number of ether oxygens (including phenoxy) is 2. The zero-order chi connectivity index (χ0) is 20.9. The van der Waals surface area contributed by atoms with Gasteiger partial charge in [0, 0.05) is 19.1 Å². The fourth-order valence-electron chi connectivity index (χ4n) is 3.71. The highest BCUT2D eigenvalue weighted by molar-refractivity contribution is 7.89.